The van der Waals surface area contributed by atoms with E-state index >= 15 is 0 Å². The molecule has 0 unspecified atom stereocenters. The summed E-state index contributed by atoms with van der Waals surface area (Å²) in [7, 11) is 0. The summed E-state index contributed by atoms with van der Waals surface area (Å²) < 4.78 is 1.67. The number of aromatic hydroxyl groups is 1. The van der Waals surface area contributed by atoms with Crippen molar-refractivity contribution in [3.63, 3.8) is 0 Å². The van der Waals surface area contributed by atoms with Gasteiger partial charge in [0.15, 0.2) is 4.77 Å². The molecule has 2 rings (SSSR count). The first-order valence-electron chi connectivity index (χ1n) is 5.77. The number of H-pyrrole nitrogens is 1. The summed E-state index contributed by atoms with van der Waals surface area (Å²) in [6.45, 7) is 1.95. The molecule has 0 aliphatic heterocycles. The summed E-state index contributed by atoms with van der Waals surface area (Å²) >= 11 is 5.10. The van der Waals surface area contributed by atoms with Crippen LogP contribution >= 0.6 is 12.2 Å². The molecule has 0 aliphatic carbocycles. The summed E-state index contributed by atoms with van der Waals surface area (Å²) in [4.78, 5) is 14.3. The molecule has 0 amide bonds. The van der Waals surface area contributed by atoms with E-state index in [1.165, 1.54) is 4.57 Å². The maximum atomic E-state index is 11.7. The highest BCUT2D eigenvalue weighted by atomic mass is 32.1. The molecule has 4 nitrogen and oxygen atoms in total. The van der Waals surface area contributed by atoms with Gasteiger partial charge in [-0.2, -0.15) is 0 Å². The molecule has 0 fully saturated rings. The fourth-order valence-corrected chi connectivity index (χ4v) is 2.14. The molecule has 2 N–H and O–H groups in total. The quantitative estimate of drug-likeness (QED) is 0.836. The first-order valence-corrected chi connectivity index (χ1v) is 6.18. The average molecular weight is 262 g/mol. The van der Waals surface area contributed by atoms with Crippen molar-refractivity contribution in [3.8, 4) is 11.6 Å². The van der Waals surface area contributed by atoms with E-state index < -0.39 is 0 Å². The van der Waals surface area contributed by atoms with Crippen LogP contribution in [0.4, 0.5) is 0 Å². The monoisotopic (exact) mass is 262 g/mol. The number of aromatic amines is 1. The number of aromatic nitrogens is 2. The van der Waals surface area contributed by atoms with E-state index in [4.69, 9.17) is 12.2 Å². The van der Waals surface area contributed by atoms with E-state index in [0.717, 1.165) is 12.1 Å². The highest BCUT2D eigenvalue weighted by Gasteiger charge is 2.12. The van der Waals surface area contributed by atoms with Gasteiger partial charge < -0.3 is 5.11 Å². The first kappa shape index (κ1) is 12.6. The van der Waals surface area contributed by atoms with E-state index in [1.54, 1.807) is 0 Å². The lowest BCUT2D eigenvalue weighted by Gasteiger charge is -2.12. The van der Waals surface area contributed by atoms with Gasteiger partial charge in [-0.05, 0) is 30.8 Å². The third-order valence-corrected chi connectivity index (χ3v) is 2.98. The lowest BCUT2D eigenvalue weighted by atomic mass is 10.2. The molecular formula is C13H14N2O2S. The Labute approximate surface area is 110 Å². The molecule has 0 radical (unpaired) electrons. The predicted octanol–water partition coefficient (Wildman–Crippen LogP) is 2.55. The van der Waals surface area contributed by atoms with E-state index in [2.05, 4.69) is 4.98 Å². The molecule has 0 aliphatic rings. The molecule has 1 aromatic heterocycles. The molecule has 5 heteroatoms. The Balaban J connectivity index is 2.72. The van der Waals surface area contributed by atoms with Crippen LogP contribution in [0, 0.1) is 4.77 Å². The second-order valence-corrected chi connectivity index (χ2v) is 4.37. The van der Waals surface area contributed by atoms with Crippen LogP contribution in [0.25, 0.3) is 5.69 Å². The van der Waals surface area contributed by atoms with Crippen LogP contribution in [0.1, 0.15) is 18.9 Å². The summed E-state index contributed by atoms with van der Waals surface area (Å²) in [6, 6.07) is 9.22. The van der Waals surface area contributed by atoms with Gasteiger partial charge >= 0.3 is 0 Å². The highest BCUT2D eigenvalue weighted by Crippen LogP contribution is 2.19. The largest absolute Gasteiger partial charge is 0.494 e. The molecule has 0 bridgehead atoms. The molecule has 0 atom stereocenters. The van der Waals surface area contributed by atoms with Gasteiger partial charge in [-0.25, -0.2) is 0 Å². The van der Waals surface area contributed by atoms with Crippen LogP contribution < -0.4 is 5.56 Å². The number of benzene rings is 1. The van der Waals surface area contributed by atoms with Gasteiger partial charge in [0.2, 0.25) is 5.88 Å². The van der Waals surface area contributed by atoms with Gasteiger partial charge in [0.25, 0.3) is 5.56 Å². The molecule has 1 heterocycles. The highest BCUT2D eigenvalue weighted by molar-refractivity contribution is 7.71. The van der Waals surface area contributed by atoms with Gasteiger partial charge in [0, 0.05) is 0 Å². The van der Waals surface area contributed by atoms with Crippen LogP contribution in [-0.4, -0.2) is 14.7 Å². The second kappa shape index (κ2) is 5.18. The number of hydrogen-bond donors (Lipinski definition) is 2. The van der Waals surface area contributed by atoms with E-state index in [-0.39, 0.29) is 16.2 Å². The van der Waals surface area contributed by atoms with Crippen molar-refractivity contribution in [2.75, 3.05) is 0 Å². The molecule has 94 valence electrons. The summed E-state index contributed by atoms with van der Waals surface area (Å²) in [6.07, 6.45) is 1.30. The molecular weight excluding hydrogens is 248 g/mol. The lowest BCUT2D eigenvalue weighted by Crippen LogP contribution is -2.18. The Bertz CT molecular complexity index is 659. The predicted molar refractivity (Wildman–Crippen MR) is 72.9 cm³/mol. The van der Waals surface area contributed by atoms with Crippen molar-refractivity contribution in [3.05, 3.63) is 51.0 Å². The fourth-order valence-electron chi connectivity index (χ4n) is 1.85. The zero-order valence-corrected chi connectivity index (χ0v) is 10.8. The summed E-state index contributed by atoms with van der Waals surface area (Å²) in [5.74, 6) is -0.0724. The van der Waals surface area contributed by atoms with Gasteiger partial charge in [0.05, 0.1) is 11.3 Å². The van der Waals surface area contributed by atoms with Gasteiger partial charge in [0.1, 0.15) is 0 Å². The Hall–Kier alpha value is -1.88. The first-order chi connectivity index (χ1) is 8.65. The minimum absolute atomic E-state index is 0.0724. The molecule has 2 aromatic rings. The Kier molecular flexibility index (Phi) is 3.62. The van der Waals surface area contributed by atoms with Crippen molar-refractivity contribution in [1.29, 1.82) is 0 Å². The van der Waals surface area contributed by atoms with Crippen LogP contribution in [0.2, 0.25) is 0 Å². The van der Waals surface area contributed by atoms with Gasteiger partial charge in [-0.15, -0.1) is 0 Å². The lowest BCUT2D eigenvalue weighted by molar-refractivity contribution is 0.424. The van der Waals surface area contributed by atoms with Gasteiger partial charge in [-0.3, -0.25) is 14.3 Å². The zero-order chi connectivity index (χ0) is 13.1. The maximum absolute atomic E-state index is 11.7. The Morgan fingerprint density at radius 2 is 2.00 bits per heavy atom. The topological polar surface area (TPSA) is 58.0 Å². The van der Waals surface area contributed by atoms with Crippen molar-refractivity contribution in [2.45, 2.75) is 19.8 Å². The van der Waals surface area contributed by atoms with Crippen LogP contribution in [0.5, 0.6) is 5.88 Å². The average Bonchev–Trinajstić information content (AvgIpc) is 2.35. The van der Waals surface area contributed by atoms with Crippen LogP contribution in [-0.2, 0) is 6.42 Å². The van der Waals surface area contributed by atoms with E-state index in [0.29, 0.717) is 12.0 Å². The second-order valence-electron chi connectivity index (χ2n) is 3.98. The summed E-state index contributed by atoms with van der Waals surface area (Å²) in [5.41, 5.74) is 0.787. The fraction of sp³-hybridized carbons (Fsp3) is 0.231. The van der Waals surface area contributed by atoms with E-state index in [1.807, 2.05) is 37.3 Å². The van der Waals surface area contributed by atoms with E-state index in [9.17, 15) is 9.90 Å². The van der Waals surface area contributed by atoms with Crippen molar-refractivity contribution in [2.24, 2.45) is 0 Å². The number of nitrogens with zero attached hydrogens (tertiary/aromatic N) is 1. The van der Waals surface area contributed by atoms with Crippen molar-refractivity contribution in [1.82, 2.24) is 9.55 Å². The Morgan fingerprint density at radius 1 is 1.33 bits per heavy atom. The number of hydrogen-bond acceptors (Lipinski definition) is 3. The standard InChI is InChI=1S/C13H14N2O2S/c1-2-6-10-11(16)14-13(18)15(12(10)17)9-7-4-3-5-8-9/h3-5,7-8,17H,2,6H2,1H3,(H,14,16,18). The van der Waals surface area contributed by atoms with Gasteiger partial charge in [-0.1, -0.05) is 31.5 Å². The minimum Gasteiger partial charge on any atom is -0.494 e. The molecule has 1 aromatic carbocycles. The number of rotatable bonds is 3. The SMILES string of the molecule is CCCc1c(O)n(-c2ccccc2)c(=S)[nH]c1=O. The molecule has 0 saturated heterocycles. The van der Waals surface area contributed by atoms with Crippen LogP contribution in [0.3, 0.4) is 0 Å². The van der Waals surface area contributed by atoms with Crippen molar-refractivity contribution >= 4 is 12.2 Å². The van der Waals surface area contributed by atoms with Crippen molar-refractivity contribution < 1.29 is 5.11 Å². The smallest absolute Gasteiger partial charge is 0.258 e. The Morgan fingerprint density at radius 3 is 2.61 bits per heavy atom. The maximum Gasteiger partial charge on any atom is 0.258 e. The number of nitrogens with one attached hydrogen (secondary N) is 1. The molecule has 0 spiro atoms. The normalized spacial score (nSPS) is 10.5. The van der Waals surface area contributed by atoms with Crippen LogP contribution in [0.15, 0.2) is 35.1 Å². The third kappa shape index (κ3) is 2.22. The minimum atomic E-state index is -0.313. The number of para-hydroxylation sites is 1. The molecule has 18 heavy (non-hydrogen) atoms. The third-order valence-electron chi connectivity index (χ3n) is 2.69. The molecule has 0 saturated carbocycles. The summed E-state index contributed by atoms with van der Waals surface area (Å²) in [5, 5.41) is 10.2. The zero-order valence-electron chi connectivity index (χ0n) is 10.0.